The van der Waals surface area contributed by atoms with Gasteiger partial charge in [0.25, 0.3) is 5.89 Å². The summed E-state index contributed by atoms with van der Waals surface area (Å²) in [5.74, 6) is 1.88. The number of ether oxygens (including phenoxy) is 1. The van der Waals surface area contributed by atoms with Crippen molar-refractivity contribution < 1.29 is 19.5 Å². The summed E-state index contributed by atoms with van der Waals surface area (Å²) in [6, 6.07) is 6.17. The number of aliphatic hydroxyl groups is 2. The zero-order valence-electron chi connectivity index (χ0n) is 22.1. The predicted molar refractivity (Wildman–Crippen MR) is 145 cm³/mol. The molecule has 3 aromatic rings. The van der Waals surface area contributed by atoms with Crippen molar-refractivity contribution in [2.75, 3.05) is 39.4 Å². The van der Waals surface area contributed by atoms with Crippen molar-refractivity contribution in [2.24, 2.45) is 0 Å². The molecule has 1 atom stereocenters. The van der Waals surface area contributed by atoms with Crippen LogP contribution in [0.5, 0.6) is 5.75 Å². The molecular weight excluding hydrogens is 476 g/mol. The number of hydrogen-bond acceptors (Lipinski definition) is 9. The lowest BCUT2D eigenvalue weighted by molar-refractivity contribution is 0.105. The molecule has 0 aliphatic carbocycles. The van der Waals surface area contributed by atoms with Crippen LogP contribution in [-0.4, -0.2) is 70.8 Å². The first-order valence-electron chi connectivity index (χ1n) is 12.8. The van der Waals surface area contributed by atoms with Crippen molar-refractivity contribution in [3.8, 4) is 27.9 Å². The van der Waals surface area contributed by atoms with Gasteiger partial charge in [0.05, 0.1) is 4.88 Å². The van der Waals surface area contributed by atoms with Crippen molar-refractivity contribution in [1.82, 2.24) is 20.4 Å². The summed E-state index contributed by atoms with van der Waals surface area (Å²) in [4.78, 5) is 9.41. The van der Waals surface area contributed by atoms with Gasteiger partial charge in [0.15, 0.2) is 0 Å². The molecule has 0 bridgehead atoms. The number of aromatic nitrogens is 2. The maximum absolute atomic E-state index is 10.2. The lowest BCUT2D eigenvalue weighted by atomic mass is 10.0. The highest BCUT2D eigenvalue weighted by Crippen LogP contribution is 2.34. The van der Waals surface area contributed by atoms with Crippen molar-refractivity contribution in [1.29, 1.82) is 0 Å². The second-order valence-corrected chi connectivity index (χ2v) is 10.1. The summed E-state index contributed by atoms with van der Waals surface area (Å²) in [5.41, 5.74) is 4.13. The standard InChI is InChI=1S/C27H40N4O4S/c1-6-20-14-21(12-19(5)25(20)34-17-22(33)15-28-10-9-11-32)26-29-27(35-30-26)23-13-18(4)24(36-23)16-31(7-2)8-3/h12-14,22,28,32-33H,6-11,15-17H2,1-5H3. The molecule has 0 amide bonds. The molecule has 9 heteroatoms. The molecule has 198 valence electrons. The molecule has 0 spiro atoms. The molecular formula is C27H40N4O4S. The molecule has 2 aromatic heterocycles. The second kappa shape index (κ2) is 13.9. The molecule has 0 aliphatic heterocycles. The number of rotatable bonds is 15. The van der Waals surface area contributed by atoms with Crippen LogP contribution >= 0.6 is 11.3 Å². The van der Waals surface area contributed by atoms with Crippen LogP contribution in [0.25, 0.3) is 22.2 Å². The first-order chi connectivity index (χ1) is 17.4. The van der Waals surface area contributed by atoms with Crippen molar-refractivity contribution in [2.45, 2.75) is 60.1 Å². The van der Waals surface area contributed by atoms with Crippen LogP contribution in [0, 0.1) is 13.8 Å². The summed E-state index contributed by atoms with van der Waals surface area (Å²) in [7, 11) is 0. The maximum Gasteiger partial charge on any atom is 0.268 e. The lowest BCUT2D eigenvalue weighted by Gasteiger charge is -2.17. The van der Waals surface area contributed by atoms with Gasteiger partial charge in [-0.15, -0.1) is 11.3 Å². The van der Waals surface area contributed by atoms with E-state index in [1.165, 1.54) is 10.4 Å². The highest BCUT2D eigenvalue weighted by atomic mass is 32.1. The average Bonchev–Trinajstić information content (AvgIpc) is 3.51. The molecule has 36 heavy (non-hydrogen) atoms. The maximum atomic E-state index is 10.2. The lowest BCUT2D eigenvalue weighted by Crippen LogP contribution is -2.32. The van der Waals surface area contributed by atoms with Gasteiger partial charge in [-0.2, -0.15) is 4.98 Å². The van der Waals surface area contributed by atoms with E-state index in [2.05, 4.69) is 49.1 Å². The van der Waals surface area contributed by atoms with E-state index in [0.717, 1.165) is 53.4 Å². The summed E-state index contributed by atoms with van der Waals surface area (Å²) in [5, 5.41) is 26.5. The van der Waals surface area contributed by atoms with Gasteiger partial charge < -0.3 is 24.8 Å². The Morgan fingerprint density at radius 1 is 1.14 bits per heavy atom. The Morgan fingerprint density at radius 3 is 2.61 bits per heavy atom. The molecule has 2 heterocycles. The number of hydrogen-bond donors (Lipinski definition) is 3. The fourth-order valence-electron chi connectivity index (χ4n) is 4.03. The highest BCUT2D eigenvalue weighted by molar-refractivity contribution is 7.15. The van der Waals surface area contributed by atoms with Crippen LogP contribution in [0.15, 0.2) is 22.7 Å². The van der Waals surface area contributed by atoms with Gasteiger partial charge in [-0.05, 0) is 81.2 Å². The van der Waals surface area contributed by atoms with Crippen LogP contribution < -0.4 is 10.1 Å². The van der Waals surface area contributed by atoms with Crippen molar-refractivity contribution in [3.05, 3.63) is 39.8 Å². The number of aliphatic hydroxyl groups excluding tert-OH is 2. The highest BCUT2D eigenvalue weighted by Gasteiger charge is 2.18. The number of nitrogens with zero attached hydrogens (tertiary/aromatic N) is 3. The molecule has 0 radical (unpaired) electrons. The minimum absolute atomic E-state index is 0.136. The fourth-order valence-corrected chi connectivity index (χ4v) is 5.17. The molecule has 0 saturated heterocycles. The monoisotopic (exact) mass is 516 g/mol. The number of benzene rings is 1. The van der Waals surface area contributed by atoms with Crippen LogP contribution in [0.4, 0.5) is 0 Å². The van der Waals surface area contributed by atoms with Crippen LogP contribution in [0.2, 0.25) is 0 Å². The Morgan fingerprint density at radius 2 is 1.92 bits per heavy atom. The number of aryl methyl sites for hydroxylation is 3. The quantitative estimate of drug-likeness (QED) is 0.258. The van der Waals surface area contributed by atoms with Gasteiger partial charge >= 0.3 is 0 Å². The summed E-state index contributed by atoms with van der Waals surface area (Å²) < 4.78 is 11.7. The second-order valence-electron chi connectivity index (χ2n) is 8.98. The first-order valence-corrected chi connectivity index (χ1v) is 13.6. The Balaban J connectivity index is 1.72. The third kappa shape index (κ3) is 7.36. The van der Waals surface area contributed by atoms with Gasteiger partial charge in [-0.25, -0.2) is 0 Å². The molecule has 3 N–H and O–H groups in total. The van der Waals surface area contributed by atoms with E-state index in [4.69, 9.17) is 19.4 Å². The van der Waals surface area contributed by atoms with E-state index in [-0.39, 0.29) is 13.2 Å². The van der Waals surface area contributed by atoms with E-state index in [0.29, 0.717) is 31.2 Å². The zero-order valence-corrected chi connectivity index (χ0v) is 23.0. The summed E-state index contributed by atoms with van der Waals surface area (Å²) in [6.07, 6.45) is 0.807. The van der Waals surface area contributed by atoms with Crippen LogP contribution in [0.3, 0.4) is 0 Å². The molecule has 3 rings (SSSR count). The Labute approximate surface area is 218 Å². The SMILES string of the molecule is CCc1cc(-c2noc(-c3cc(C)c(CN(CC)CC)s3)n2)cc(C)c1OCC(O)CNCCCO. The fraction of sp³-hybridized carbons (Fsp3) is 0.556. The van der Waals surface area contributed by atoms with Gasteiger partial charge in [0, 0.05) is 30.1 Å². The van der Waals surface area contributed by atoms with Gasteiger partial charge in [0.2, 0.25) is 5.82 Å². The van der Waals surface area contributed by atoms with Crippen LogP contribution in [-0.2, 0) is 13.0 Å². The average molecular weight is 517 g/mol. The molecule has 0 fully saturated rings. The van der Waals surface area contributed by atoms with Gasteiger partial charge in [-0.1, -0.05) is 25.9 Å². The Kier molecular flexibility index (Phi) is 10.9. The smallest absolute Gasteiger partial charge is 0.268 e. The topological polar surface area (TPSA) is 104 Å². The normalized spacial score (nSPS) is 12.4. The third-order valence-electron chi connectivity index (χ3n) is 6.22. The Bertz CT molecular complexity index is 1090. The molecule has 1 aromatic carbocycles. The molecule has 1 unspecified atom stereocenters. The molecule has 0 saturated carbocycles. The van der Waals surface area contributed by atoms with E-state index in [9.17, 15) is 5.11 Å². The molecule has 8 nitrogen and oxygen atoms in total. The number of thiophene rings is 1. The van der Waals surface area contributed by atoms with E-state index < -0.39 is 6.10 Å². The zero-order chi connectivity index (χ0) is 26.1. The predicted octanol–water partition coefficient (Wildman–Crippen LogP) is 4.20. The molecule has 0 aliphatic rings. The number of nitrogens with one attached hydrogen (secondary N) is 1. The third-order valence-corrected chi connectivity index (χ3v) is 7.43. The van der Waals surface area contributed by atoms with Gasteiger partial charge in [-0.3, -0.25) is 4.90 Å². The van der Waals surface area contributed by atoms with Gasteiger partial charge in [0.1, 0.15) is 18.5 Å². The largest absolute Gasteiger partial charge is 0.490 e. The summed E-state index contributed by atoms with van der Waals surface area (Å²) >= 11 is 1.71. The van der Waals surface area contributed by atoms with Crippen molar-refractivity contribution in [3.63, 3.8) is 0 Å². The minimum Gasteiger partial charge on any atom is -0.490 e. The summed E-state index contributed by atoms with van der Waals surface area (Å²) in [6.45, 7) is 14.9. The van der Waals surface area contributed by atoms with E-state index in [1.54, 1.807) is 11.3 Å². The van der Waals surface area contributed by atoms with E-state index in [1.807, 2.05) is 19.1 Å². The van der Waals surface area contributed by atoms with E-state index >= 15 is 0 Å². The Hall–Kier alpha value is -2.30. The van der Waals surface area contributed by atoms with Crippen molar-refractivity contribution >= 4 is 11.3 Å². The van der Waals surface area contributed by atoms with Crippen LogP contribution in [0.1, 0.15) is 48.8 Å². The first kappa shape index (κ1) is 28.3. The minimum atomic E-state index is -0.631.